The Hall–Kier alpha value is -0.340. The zero-order valence-electron chi connectivity index (χ0n) is 15.1. The Morgan fingerprint density at radius 1 is 1.09 bits per heavy atom. The van der Waals surface area contributed by atoms with E-state index in [1.807, 2.05) is 13.8 Å². The molecule has 2 nitrogen and oxygen atoms in total. The van der Waals surface area contributed by atoms with E-state index in [2.05, 4.69) is 13.0 Å². The van der Waals surface area contributed by atoms with Gasteiger partial charge in [-0.1, -0.05) is 18.6 Å². The molecule has 0 bridgehead atoms. The van der Waals surface area contributed by atoms with Crippen LogP contribution in [0.2, 0.25) is 0 Å². The van der Waals surface area contributed by atoms with Gasteiger partial charge in [0.05, 0.1) is 11.7 Å². The van der Waals surface area contributed by atoms with E-state index in [-0.39, 0.29) is 6.10 Å². The maximum atomic E-state index is 10.4. The molecule has 0 aromatic carbocycles. The number of fused-ring (bicyclic) bond motifs is 5. The molecule has 0 aromatic rings. The van der Waals surface area contributed by atoms with Gasteiger partial charge in [0.15, 0.2) is 0 Å². The summed E-state index contributed by atoms with van der Waals surface area (Å²) in [6.07, 6.45) is 11.8. The van der Waals surface area contributed by atoms with Gasteiger partial charge in [0.25, 0.3) is 0 Å². The molecule has 0 aliphatic heterocycles. The van der Waals surface area contributed by atoms with Crippen molar-refractivity contribution in [2.75, 3.05) is 0 Å². The average Bonchev–Trinajstić information content (AvgIpc) is 2.83. The van der Waals surface area contributed by atoms with E-state index in [4.69, 9.17) is 0 Å². The van der Waals surface area contributed by atoms with Gasteiger partial charge in [0.1, 0.15) is 0 Å². The zero-order valence-corrected chi connectivity index (χ0v) is 15.1. The van der Waals surface area contributed by atoms with Crippen LogP contribution in [0, 0.1) is 35.0 Å². The SMILES string of the molecule is CC(O)C1CC[C@H]2C3CC=C4C[C@@](C)(O)CC[C@@H]4[C@H]3CC[C@]12C. The van der Waals surface area contributed by atoms with E-state index < -0.39 is 5.60 Å². The van der Waals surface area contributed by atoms with Gasteiger partial charge in [-0.05, 0) is 100 Å². The predicted octanol–water partition coefficient (Wildman–Crippen LogP) is 4.31. The summed E-state index contributed by atoms with van der Waals surface area (Å²) < 4.78 is 0. The van der Waals surface area contributed by atoms with Crippen molar-refractivity contribution in [1.29, 1.82) is 0 Å². The van der Waals surface area contributed by atoms with Crippen molar-refractivity contribution in [2.24, 2.45) is 35.0 Å². The molecule has 4 rings (SSSR count). The number of rotatable bonds is 1. The van der Waals surface area contributed by atoms with Crippen molar-refractivity contribution in [3.8, 4) is 0 Å². The van der Waals surface area contributed by atoms with Crippen LogP contribution >= 0.6 is 0 Å². The first-order chi connectivity index (χ1) is 10.8. The quantitative estimate of drug-likeness (QED) is 0.707. The second kappa shape index (κ2) is 5.33. The molecule has 2 N–H and O–H groups in total. The molecular formula is C21H34O2. The topological polar surface area (TPSA) is 40.5 Å². The van der Waals surface area contributed by atoms with E-state index in [1.54, 1.807) is 5.57 Å². The summed E-state index contributed by atoms with van der Waals surface area (Å²) in [5.41, 5.74) is 1.46. The van der Waals surface area contributed by atoms with Crippen LogP contribution < -0.4 is 0 Å². The molecule has 0 radical (unpaired) electrons. The van der Waals surface area contributed by atoms with Gasteiger partial charge >= 0.3 is 0 Å². The normalized spacial score (nSPS) is 53.8. The van der Waals surface area contributed by atoms with E-state index >= 15 is 0 Å². The number of aliphatic hydroxyl groups excluding tert-OH is 1. The summed E-state index contributed by atoms with van der Waals surface area (Å²) in [6.45, 7) is 6.49. The van der Waals surface area contributed by atoms with Crippen LogP contribution in [0.5, 0.6) is 0 Å². The zero-order chi connectivity index (χ0) is 16.4. The highest BCUT2D eigenvalue weighted by Gasteiger charge is 2.56. The van der Waals surface area contributed by atoms with Crippen molar-refractivity contribution in [1.82, 2.24) is 0 Å². The summed E-state index contributed by atoms with van der Waals surface area (Å²) in [4.78, 5) is 0. The molecular weight excluding hydrogens is 284 g/mol. The minimum absolute atomic E-state index is 0.152. The third kappa shape index (κ3) is 2.43. The number of hydrogen-bond acceptors (Lipinski definition) is 2. The minimum atomic E-state index is -0.469. The van der Waals surface area contributed by atoms with Crippen LogP contribution in [0.1, 0.15) is 72.1 Å². The predicted molar refractivity (Wildman–Crippen MR) is 92.9 cm³/mol. The first kappa shape index (κ1) is 16.1. The average molecular weight is 319 g/mol. The van der Waals surface area contributed by atoms with Gasteiger partial charge in [0.2, 0.25) is 0 Å². The van der Waals surface area contributed by atoms with Crippen molar-refractivity contribution in [2.45, 2.75) is 83.8 Å². The second-order valence-electron chi connectivity index (χ2n) is 9.74. The fourth-order valence-electron chi connectivity index (χ4n) is 7.30. The highest BCUT2D eigenvalue weighted by molar-refractivity contribution is 5.21. The molecule has 3 fully saturated rings. The molecule has 23 heavy (non-hydrogen) atoms. The van der Waals surface area contributed by atoms with E-state index in [1.165, 1.54) is 38.5 Å². The lowest BCUT2D eigenvalue weighted by Crippen LogP contribution is -2.48. The molecule has 0 spiro atoms. The lowest BCUT2D eigenvalue weighted by atomic mass is 9.51. The van der Waals surface area contributed by atoms with Crippen molar-refractivity contribution in [3.05, 3.63) is 11.6 Å². The fraction of sp³-hybridized carbons (Fsp3) is 0.905. The van der Waals surface area contributed by atoms with Gasteiger partial charge in [0, 0.05) is 0 Å². The lowest BCUT2D eigenvalue weighted by molar-refractivity contribution is -0.0527. The summed E-state index contributed by atoms with van der Waals surface area (Å²) >= 11 is 0. The van der Waals surface area contributed by atoms with Crippen LogP contribution in [0.15, 0.2) is 11.6 Å². The van der Waals surface area contributed by atoms with Crippen LogP contribution in [-0.4, -0.2) is 21.9 Å². The minimum Gasteiger partial charge on any atom is -0.393 e. The third-order valence-corrected chi connectivity index (χ3v) is 8.37. The molecule has 8 atom stereocenters. The highest BCUT2D eigenvalue weighted by Crippen LogP contribution is 2.64. The Kier molecular flexibility index (Phi) is 3.74. The monoisotopic (exact) mass is 318 g/mol. The molecule has 130 valence electrons. The number of aliphatic hydroxyl groups is 2. The molecule has 2 heteroatoms. The van der Waals surface area contributed by atoms with Crippen molar-refractivity contribution >= 4 is 0 Å². The smallest absolute Gasteiger partial charge is 0.0657 e. The number of allylic oxidation sites excluding steroid dienone is 1. The summed E-state index contributed by atoms with van der Waals surface area (Å²) in [6, 6.07) is 0. The van der Waals surface area contributed by atoms with E-state index in [9.17, 15) is 10.2 Å². The van der Waals surface area contributed by atoms with Gasteiger partial charge in [-0.25, -0.2) is 0 Å². The van der Waals surface area contributed by atoms with Gasteiger partial charge in [-0.3, -0.25) is 0 Å². The molecule has 0 amide bonds. The van der Waals surface area contributed by atoms with Crippen molar-refractivity contribution < 1.29 is 10.2 Å². The molecule has 0 saturated heterocycles. The van der Waals surface area contributed by atoms with Crippen LogP contribution in [-0.2, 0) is 0 Å². The largest absolute Gasteiger partial charge is 0.393 e. The standard InChI is InChI=1S/C21H34O2/c1-13(22)18-6-7-19-17-5-4-14-12-20(2,23)10-8-15(14)16(17)9-11-21(18,19)3/h4,13,15-19,22-23H,5-12H2,1-3H3/t13?,15-,16+,17?,18?,19-,20-,21+/m0/s1. The van der Waals surface area contributed by atoms with Gasteiger partial charge in [-0.2, -0.15) is 0 Å². The number of hydrogen-bond donors (Lipinski definition) is 2. The molecule has 3 saturated carbocycles. The molecule has 4 aliphatic carbocycles. The lowest BCUT2D eigenvalue weighted by Gasteiger charge is -2.54. The Morgan fingerprint density at radius 2 is 1.87 bits per heavy atom. The summed E-state index contributed by atoms with van der Waals surface area (Å²) in [5.74, 6) is 3.72. The molecule has 0 aromatic heterocycles. The van der Waals surface area contributed by atoms with Crippen LogP contribution in [0.3, 0.4) is 0 Å². The van der Waals surface area contributed by atoms with Gasteiger partial charge < -0.3 is 10.2 Å². The Balaban J connectivity index is 1.59. The fourth-order valence-corrected chi connectivity index (χ4v) is 7.30. The third-order valence-electron chi connectivity index (χ3n) is 8.37. The Labute approximate surface area is 141 Å². The molecule has 4 aliphatic rings. The van der Waals surface area contributed by atoms with Crippen LogP contribution in [0.25, 0.3) is 0 Å². The first-order valence-corrected chi connectivity index (χ1v) is 9.91. The van der Waals surface area contributed by atoms with Gasteiger partial charge in [-0.15, -0.1) is 0 Å². The maximum absolute atomic E-state index is 10.4. The van der Waals surface area contributed by atoms with Crippen molar-refractivity contribution in [3.63, 3.8) is 0 Å². The molecule has 3 unspecified atom stereocenters. The second-order valence-corrected chi connectivity index (χ2v) is 9.74. The first-order valence-electron chi connectivity index (χ1n) is 9.91. The van der Waals surface area contributed by atoms with E-state index in [0.29, 0.717) is 11.3 Å². The summed E-state index contributed by atoms with van der Waals surface area (Å²) in [5, 5.41) is 20.7. The molecule has 0 heterocycles. The summed E-state index contributed by atoms with van der Waals surface area (Å²) in [7, 11) is 0. The highest BCUT2D eigenvalue weighted by atomic mass is 16.3. The van der Waals surface area contributed by atoms with E-state index in [0.717, 1.165) is 36.5 Å². The Morgan fingerprint density at radius 3 is 2.61 bits per heavy atom. The Bertz CT molecular complexity index is 506. The maximum Gasteiger partial charge on any atom is 0.0657 e. The van der Waals surface area contributed by atoms with Crippen LogP contribution in [0.4, 0.5) is 0 Å².